The van der Waals surface area contributed by atoms with Crippen LogP contribution in [0.1, 0.15) is 24.3 Å². The third-order valence-electron chi connectivity index (χ3n) is 4.93. The number of nitrogens with zero attached hydrogens (tertiary/aromatic N) is 1. The maximum atomic E-state index is 11.2. The van der Waals surface area contributed by atoms with Crippen molar-refractivity contribution in [2.75, 3.05) is 37.2 Å². The van der Waals surface area contributed by atoms with Crippen molar-refractivity contribution >= 4 is 15.7 Å². The van der Waals surface area contributed by atoms with E-state index in [4.69, 9.17) is 4.74 Å². The first kappa shape index (κ1) is 20.6. The monoisotopic (exact) mass is 404 g/mol. The van der Waals surface area contributed by atoms with E-state index in [2.05, 4.69) is 33.9 Å². The molecule has 2 N–H and O–H groups in total. The minimum absolute atomic E-state index is 0.206. The van der Waals surface area contributed by atoms with E-state index in [1.807, 2.05) is 6.07 Å². The van der Waals surface area contributed by atoms with Gasteiger partial charge in [0.25, 0.3) is 0 Å². The minimum atomic E-state index is -3.29. The van der Waals surface area contributed by atoms with Crippen LogP contribution in [0.3, 0.4) is 0 Å². The van der Waals surface area contributed by atoms with Crippen molar-refractivity contribution in [3.63, 3.8) is 0 Å². The summed E-state index contributed by atoms with van der Waals surface area (Å²) in [4.78, 5) is 2.28. The number of piperidine rings is 1. The average Bonchev–Trinajstić information content (AvgIpc) is 2.68. The van der Waals surface area contributed by atoms with Gasteiger partial charge in [0.2, 0.25) is 10.0 Å². The predicted octanol–water partition coefficient (Wildman–Crippen LogP) is 2.68. The third kappa shape index (κ3) is 6.51. The molecule has 6 nitrogen and oxygen atoms in total. The number of anilines is 1. The Morgan fingerprint density at radius 1 is 1.11 bits per heavy atom. The van der Waals surface area contributed by atoms with E-state index in [0.29, 0.717) is 23.9 Å². The third-order valence-corrected chi connectivity index (χ3v) is 5.53. The van der Waals surface area contributed by atoms with Gasteiger partial charge in [0.05, 0.1) is 6.26 Å². The Bertz CT molecular complexity index is 832. The lowest BCUT2D eigenvalue weighted by Gasteiger charge is -2.33. The van der Waals surface area contributed by atoms with E-state index in [1.165, 1.54) is 5.56 Å². The summed E-state index contributed by atoms with van der Waals surface area (Å²) < 4.78 is 30.5. The van der Waals surface area contributed by atoms with E-state index >= 15 is 0 Å². The van der Waals surface area contributed by atoms with Gasteiger partial charge in [-0.05, 0) is 61.7 Å². The first-order valence-corrected chi connectivity index (χ1v) is 11.4. The van der Waals surface area contributed by atoms with E-state index in [0.717, 1.165) is 32.2 Å². The number of rotatable bonds is 8. The van der Waals surface area contributed by atoms with Crippen LogP contribution in [0, 0.1) is 0 Å². The minimum Gasteiger partial charge on any atom is -0.491 e. The van der Waals surface area contributed by atoms with E-state index in [-0.39, 0.29) is 6.61 Å². The second-order valence-electron chi connectivity index (χ2n) is 7.35. The first-order valence-electron chi connectivity index (χ1n) is 9.55. The fraction of sp³-hybridized carbons (Fsp3) is 0.429. The molecule has 1 saturated heterocycles. The molecule has 1 heterocycles. The Kier molecular flexibility index (Phi) is 6.93. The number of ether oxygens (including phenoxy) is 1. The molecule has 0 spiro atoms. The van der Waals surface area contributed by atoms with E-state index in [9.17, 15) is 13.5 Å². The lowest BCUT2D eigenvalue weighted by molar-refractivity contribution is 0.0594. The Hall–Kier alpha value is -2.09. The first-order chi connectivity index (χ1) is 13.4. The highest BCUT2D eigenvalue weighted by Crippen LogP contribution is 2.27. The molecule has 28 heavy (non-hydrogen) atoms. The highest BCUT2D eigenvalue weighted by Gasteiger charge is 2.22. The van der Waals surface area contributed by atoms with Crippen molar-refractivity contribution in [1.82, 2.24) is 4.90 Å². The lowest BCUT2D eigenvalue weighted by atomic mass is 9.89. The van der Waals surface area contributed by atoms with Crippen molar-refractivity contribution in [2.45, 2.75) is 24.9 Å². The van der Waals surface area contributed by atoms with Crippen LogP contribution < -0.4 is 9.46 Å². The van der Waals surface area contributed by atoms with E-state index in [1.54, 1.807) is 24.3 Å². The fourth-order valence-corrected chi connectivity index (χ4v) is 4.11. The molecule has 0 saturated carbocycles. The standard InChI is InChI=1S/C21H28N2O4S/c1-28(25,26)22-19-7-9-21(10-8-19)27-16-20(24)15-23-13-11-18(12-14-23)17-5-3-2-4-6-17/h2-10,18,20,22,24H,11-16H2,1H3/t20-/m0/s1. The zero-order valence-electron chi connectivity index (χ0n) is 16.1. The number of aliphatic hydroxyl groups excluding tert-OH is 1. The number of nitrogens with one attached hydrogen (secondary N) is 1. The molecule has 3 rings (SSSR count). The number of likely N-dealkylation sites (tertiary alicyclic amines) is 1. The van der Waals surface area contributed by atoms with Gasteiger partial charge in [0.15, 0.2) is 0 Å². The molecule has 7 heteroatoms. The van der Waals surface area contributed by atoms with E-state index < -0.39 is 16.1 Å². The summed E-state index contributed by atoms with van der Waals surface area (Å²) in [7, 11) is -3.29. The molecular formula is C21H28N2O4S. The van der Waals surface area contributed by atoms with Gasteiger partial charge >= 0.3 is 0 Å². The number of β-amino-alcohol motifs (C(OH)–C–C–N with tert-alkyl or cyclic N) is 1. The summed E-state index contributed by atoms with van der Waals surface area (Å²) >= 11 is 0. The van der Waals surface area contributed by atoms with Crippen molar-refractivity contribution in [1.29, 1.82) is 0 Å². The number of hydrogen-bond acceptors (Lipinski definition) is 5. The molecule has 2 aromatic rings. The molecule has 2 aromatic carbocycles. The second-order valence-corrected chi connectivity index (χ2v) is 9.10. The van der Waals surface area contributed by atoms with Gasteiger partial charge in [0, 0.05) is 12.2 Å². The fourth-order valence-electron chi connectivity index (χ4n) is 3.55. The molecule has 0 radical (unpaired) electrons. The highest BCUT2D eigenvalue weighted by atomic mass is 32.2. The zero-order chi connectivity index (χ0) is 20.0. The largest absolute Gasteiger partial charge is 0.491 e. The number of benzene rings is 2. The predicted molar refractivity (Wildman–Crippen MR) is 111 cm³/mol. The average molecular weight is 405 g/mol. The number of aliphatic hydroxyl groups is 1. The molecule has 0 aromatic heterocycles. The van der Waals surface area contributed by atoms with Gasteiger partial charge in [-0.15, -0.1) is 0 Å². The molecule has 0 aliphatic carbocycles. The molecular weight excluding hydrogens is 376 g/mol. The molecule has 1 atom stereocenters. The normalized spacial score (nSPS) is 17.2. The van der Waals surface area contributed by atoms with Crippen molar-refractivity contribution in [3.05, 3.63) is 60.2 Å². The van der Waals surface area contributed by atoms with Crippen LogP contribution >= 0.6 is 0 Å². The summed E-state index contributed by atoms with van der Waals surface area (Å²) in [5.41, 5.74) is 1.89. The molecule has 0 unspecified atom stereocenters. The summed E-state index contributed by atoms with van der Waals surface area (Å²) in [6, 6.07) is 17.3. The molecule has 0 amide bonds. The molecule has 1 aliphatic heterocycles. The summed E-state index contributed by atoms with van der Waals surface area (Å²) in [6.45, 7) is 2.75. The smallest absolute Gasteiger partial charge is 0.229 e. The number of sulfonamides is 1. The van der Waals surface area contributed by atoms with Crippen LogP contribution in [0.2, 0.25) is 0 Å². The maximum Gasteiger partial charge on any atom is 0.229 e. The summed E-state index contributed by atoms with van der Waals surface area (Å²) in [5, 5.41) is 10.3. The van der Waals surface area contributed by atoms with Gasteiger partial charge in [-0.1, -0.05) is 30.3 Å². The van der Waals surface area contributed by atoms with Crippen LogP contribution in [-0.4, -0.2) is 57.0 Å². The molecule has 0 bridgehead atoms. The van der Waals surface area contributed by atoms with Gasteiger partial charge in [-0.2, -0.15) is 0 Å². The summed E-state index contributed by atoms with van der Waals surface area (Å²) in [6.07, 6.45) is 2.75. The Morgan fingerprint density at radius 2 is 1.75 bits per heavy atom. The van der Waals surface area contributed by atoms with Crippen molar-refractivity contribution < 1.29 is 18.3 Å². The van der Waals surface area contributed by atoms with Gasteiger partial charge in [-0.25, -0.2) is 8.42 Å². The van der Waals surface area contributed by atoms with Crippen molar-refractivity contribution in [2.24, 2.45) is 0 Å². The number of hydrogen-bond donors (Lipinski definition) is 2. The van der Waals surface area contributed by atoms with Gasteiger partial charge in [-0.3, -0.25) is 4.72 Å². The molecule has 1 fully saturated rings. The van der Waals surface area contributed by atoms with Crippen LogP contribution in [0.5, 0.6) is 5.75 Å². The Labute approximate surface area is 167 Å². The van der Waals surface area contributed by atoms with Gasteiger partial charge in [0.1, 0.15) is 18.5 Å². The molecule has 152 valence electrons. The van der Waals surface area contributed by atoms with Crippen LogP contribution in [0.25, 0.3) is 0 Å². The Morgan fingerprint density at radius 3 is 2.36 bits per heavy atom. The zero-order valence-corrected chi connectivity index (χ0v) is 16.9. The molecule has 1 aliphatic rings. The highest BCUT2D eigenvalue weighted by molar-refractivity contribution is 7.92. The topological polar surface area (TPSA) is 78.9 Å². The maximum absolute atomic E-state index is 11.2. The van der Waals surface area contributed by atoms with Crippen molar-refractivity contribution in [3.8, 4) is 5.75 Å². The summed E-state index contributed by atoms with van der Waals surface area (Å²) in [5.74, 6) is 1.20. The second kappa shape index (κ2) is 9.41. The van der Waals surface area contributed by atoms with Gasteiger partial charge < -0.3 is 14.7 Å². The quantitative estimate of drug-likeness (QED) is 0.707. The van der Waals surface area contributed by atoms with Crippen LogP contribution in [0.4, 0.5) is 5.69 Å². The van der Waals surface area contributed by atoms with Crippen LogP contribution in [0.15, 0.2) is 54.6 Å². The van der Waals surface area contributed by atoms with Crippen LogP contribution in [-0.2, 0) is 10.0 Å². The lowest BCUT2D eigenvalue weighted by Crippen LogP contribution is -2.40. The Balaban J connectivity index is 1.39. The SMILES string of the molecule is CS(=O)(=O)Nc1ccc(OC[C@@H](O)CN2CCC(c3ccccc3)CC2)cc1.